The fourth-order valence-electron chi connectivity index (χ4n) is 2.45. The van der Waals surface area contributed by atoms with Crippen LogP contribution in [-0.4, -0.2) is 12.5 Å². The standard InChI is InChI=1S/C21H27NO2/c1-15(2)18-9-11-19(12-10-18)24-13-5-6-21(23)22-20-14-16(3)7-8-17(20)4/h7-12,14-15H,5-6,13H2,1-4H3,(H,22,23). The molecule has 0 aliphatic rings. The highest BCUT2D eigenvalue weighted by Crippen LogP contribution is 2.19. The highest BCUT2D eigenvalue weighted by Gasteiger charge is 2.05. The van der Waals surface area contributed by atoms with Gasteiger partial charge >= 0.3 is 0 Å². The van der Waals surface area contributed by atoms with Crippen LogP contribution in [0.1, 0.15) is 49.3 Å². The Balaban J connectivity index is 1.73. The van der Waals surface area contributed by atoms with E-state index < -0.39 is 0 Å². The fourth-order valence-corrected chi connectivity index (χ4v) is 2.45. The minimum absolute atomic E-state index is 0.0301. The first-order valence-corrected chi connectivity index (χ1v) is 8.55. The molecule has 3 nitrogen and oxygen atoms in total. The number of carbonyl (C=O) groups excluding carboxylic acids is 1. The number of amides is 1. The van der Waals surface area contributed by atoms with Gasteiger partial charge in [0, 0.05) is 12.1 Å². The molecule has 128 valence electrons. The summed E-state index contributed by atoms with van der Waals surface area (Å²) in [6.45, 7) is 8.91. The molecule has 0 aliphatic heterocycles. The third-order valence-corrected chi connectivity index (χ3v) is 4.03. The van der Waals surface area contributed by atoms with Gasteiger partial charge in [0.15, 0.2) is 0 Å². The predicted octanol–water partition coefficient (Wildman–Crippen LogP) is 5.22. The number of ether oxygens (including phenoxy) is 1. The molecule has 0 bridgehead atoms. The molecule has 0 radical (unpaired) electrons. The Kier molecular flexibility index (Phi) is 6.42. The third kappa shape index (κ3) is 5.41. The number of anilines is 1. The number of aryl methyl sites for hydroxylation is 2. The zero-order valence-electron chi connectivity index (χ0n) is 15.1. The molecule has 0 atom stereocenters. The number of benzene rings is 2. The average Bonchev–Trinajstić information content (AvgIpc) is 2.55. The van der Waals surface area contributed by atoms with Gasteiger partial charge in [0.25, 0.3) is 0 Å². The van der Waals surface area contributed by atoms with Crippen molar-refractivity contribution in [3.05, 3.63) is 59.2 Å². The normalized spacial score (nSPS) is 10.7. The van der Waals surface area contributed by atoms with E-state index in [0.717, 1.165) is 22.6 Å². The zero-order valence-corrected chi connectivity index (χ0v) is 15.1. The van der Waals surface area contributed by atoms with Gasteiger partial charge in [-0.1, -0.05) is 38.1 Å². The third-order valence-electron chi connectivity index (χ3n) is 4.03. The second-order valence-electron chi connectivity index (χ2n) is 6.54. The number of nitrogens with one attached hydrogen (secondary N) is 1. The van der Waals surface area contributed by atoms with Crippen LogP contribution < -0.4 is 10.1 Å². The molecule has 2 aromatic carbocycles. The van der Waals surface area contributed by atoms with Gasteiger partial charge in [-0.2, -0.15) is 0 Å². The van der Waals surface area contributed by atoms with Gasteiger partial charge < -0.3 is 10.1 Å². The maximum atomic E-state index is 12.0. The summed E-state index contributed by atoms with van der Waals surface area (Å²) < 4.78 is 5.70. The van der Waals surface area contributed by atoms with E-state index in [1.54, 1.807) is 0 Å². The van der Waals surface area contributed by atoms with E-state index in [1.807, 2.05) is 44.2 Å². The van der Waals surface area contributed by atoms with Gasteiger partial charge in [0.05, 0.1) is 6.61 Å². The molecule has 2 rings (SSSR count). The van der Waals surface area contributed by atoms with Crippen LogP contribution in [0.2, 0.25) is 0 Å². The lowest BCUT2D eigenvalue weighted by Gasteiger charge is -2.10. The molecular weight excluding hydrogens is 298 g/mol. The molecule has 0 fully saturated rings. The van der Waals surface area contributed by atoms with E-state index in [0.29, 0.717) is 25.4 Å². The van der Waals surface area contributed by atoms with Crippen LogP contribution in [0.15, 0.2) is 42.5 Å². The molecule has 24 heavy (non-hydrogen) atoms. The summed E-state index contributed by atoms with van der Waals surface area (Å²) in [4.78, 5) is 12.0. The molecule has 0 heterocycles. The van der Waals surface area contributed by atoms with Crippen molar-refractivity contribution in [3.63, 3.8) is 0 Å². The van der Waals surface area contributed by atoms with Crippen LogP contribution >= 0.6 is 0 Å². The molecule has 0 aliphatic carbocycles. The minimum Gasteiger partial charge on any atom is -0.494 e. The summed E-state index contributed by atoms with van der Waals surface area (Å²) in [7, 11) is 0. The molecule has 0 saturated carbocycles. The Morgan fingerprint density at radius 3 is 2.46 bits per heavy atom. The summed E-state index contributed by atoms with van der Waals surface area (Å²) in [6.07, 6.45) is 1.15. The van der Waals surface area contributed by atoms with Gasteiger partial charge in [-0.15, -0.1) is 0 Å². The lowest BCUT2D eigenvalue weighted by Crippen LogP contribution is -2.13. The van der Waals surface area contributed by atoms with E-state index in [1.165, 1.54) is 5.56 Å². The Labute approximate surface area is 145 Å². The highest BCUT2D eigenvalue weighted by atomic mass is 16.5. The van der Waals surface area contributed by atoms with Gasteiger partial charge in [0.2, 0.25) is 5.91 Å². The molecule has 2 aromatic rings. The first kappa shape index (κ1) is 18.1. The first-order valence-electron chi connectivity index (χ1n) is 8.55. The van der Waals surface area contributed by atoms with E-state index in [-0.39, 0.29) is 5.91 Å². The Morgan fingerprint density at radius 1 is 1.08 bits per heavy atom. The Hall–Kier alpha value is -2.29. The maximum Gasteiger partial charge on any atom is 0.224 e. The Morgan fingerprint density at radius 2 is 1.79 bits per heavy atom. The quantitative estimate of drug-likeness (QED) is 0.708. The molecule has 0 spiro atoms. The second-order valence-corrected chi connectivity index (χ2v) is 6.54. The van der Waals surface area contributed by atoms with Crippen molar-refractivity contribution >= 4 is 11.6 Å². The molecule has 1 N–H and O–H groups in total. The van der Waals surface area contributed by atoms with Crippen LogP contribution in [-0.2, 0) is 4.79 Å². The number of hydrogen-bond acceptors (Lipinski definition) is 2. The number of hydrogen-bond donors (Lipinski definition) is 1. The number of rotatable bonds is 7. The summed E-state index contributed by atoms with van der Waals surface area (Å²) in [6, 6.07) is 14.2. The van der Waals surface area contributed by atoms with Crippen molar-refractivity contribution in [2.45, 2.75) is 46.5 Å². The van der Waals surface area contributed by atoms with Crippen LogP contribution in [0.3, 0.4) is 0 Å². The molecule has 0 saturated heterocycles. The molecule has 0 unspecified atom stereocenters. The SMILES string of the molecule is Cc1ccc(C)c(NC(=O)CCCOc2ccc(C(C)C)cc2)c1. The Bertz CT molecular complexity index is 675. The van der Waals surface area contributed by atoms with Gasteiger partial charge in [0.1, 0.15) is 5.75 Å². The molecular formula is C21H27NO2. The highest BCUT2D eigenvalue weighted by molar-refractivity contribution is 5.91. The fraction of sp³-hybridized carbons (Fsp3) is 0.381. The van der Waals surface area contributed by atoms with Crippen LogP contribution in [0, 0.1) is 13.8 Å². The van der Waals surface area contributed by atoms with E-state index in [2.05, 4.69) is 31.3 Å². The van der Waals surface area contributed by atoms with Gasteiger partial charge in [-0.05, 0) is 61.1 Å². The summed E-state index contributed by atoms with van der Waals surface area (Å²) in [5, 5.41) is 2.98. The van der Waals surface area contributed by atoms with E-state index in [9.17, 15) is 4.79 Å². The van der Waals surface area contributed by atoms with Crippen LogP contribution in [0.4, 0.5) is 5.69 Å². The molecule has 0 aromatic heterocycles. The lowest BCUT2D eigenvalue weighted by atomic mass is 10.0. The average molecular weight is 325 g/mol. The van der Waals surface area contributed by atoms with Crippen molar-refractivity contribution in [3.8, 4) is 5.75 Å². The second kappa shape index (κ2) is 8.53. The van der Waals surface area contributed by atoms with Crippen molar-refractivity contribution < 1.29 is 9.53 Å². The summed E-state index contributed by atoms with van der Waals surface area (Å²) in [5.74, 6) is 1.41. The number of carbonyl (C=O) groups is 1. The summed E-state index contributed by atoms with van der Waals surface area (Å²) >= 11 is 0. The maximum absolute atomic E-state index is 12.0. The van der Waals surface area contributed by atoms with Gasteiger partial charge in [-0.3, -0.25) is 4.79 Å². The predicted molar refractivity (Wildman–Crippen MR) is 99.8 cm³/mol. The van der Waals surface area contributed by atoms with Gasteiger partial charge in [-0.25, -0.2) is 0 Å². The van der Waals surface area contributed by atoms with Crippen LogP contribution in [0.5, 0.6) is 5.75 Å². The topological polar surface area (TPSA) is 38.3 Å². The lowest BCUT2D eigenvalue weighted by molar-refractivity contribution is -0.116. The smallest absolute Gasteiger partial charge is 0.224 e. The van der Waals surface area contributed by atoms with Crippen molar-refractivity contribution in [2.24, 2.45) is 0 Å². The van der Waals surface area contributed by atoms with E-state index >= 15 is 0 Å². The van der Waals surface area contributed by atoms with Crippen molar-refractivity contribution in [2.75, 3.05) is 11.9 Å². The van der Waals surface area contributed by atoms with E-state index in [4.69, 9.17) is 4.74 Å². The van der Waals surface area contributed by atoms with Crippen LogP contribution in [0.25, 0.3) is 0 Å². The van der Waals surface area contributed by atoms with Crippen molar-refractivity contribution in [1.29, 1.82) is 0 Å². The summed E-state index contributed by atoms with van der Waals surface area (Å²) in [5.41, 5.74) is 4.42. The first-order chi connectivity index (χ1) is 11.5. The molecule has 3 heteroatoms. The van der Waals surface area contributed by atoms with Crippen molar-refractivity contribution in [1.82, 2.24) is 0 Å². The largest absolute Gasteiger partial charge is 0.494 e. The zero-order chi connectivity index (χ0) is 17.5. The molecule has 1 amide bonds. The monoisotopic (exact) mass is 325 g/mol. The minimum atomic E-state index is 0.0301.